The molecule has 0 fully saturated rings. The summed E-state index contributed by atoms with van der Waals surface area (Å²) in [5, 5.41) is 0.0747. The minimum atomic E-state index is -3.78. The fraction of sp³-hybridized carbons (Fsp3) is 0.188. The van der Waals surface area contributed by atoms with Gasteiger partial charge in [0.2, 0.25) is 0 Å². The van der Waals surface area contributed by atoms with Gasteiger partial charge in [0.15, 0.2) is 6.61 Å². The fourth-order valence-electron chi connectivity index (χ4n) is 1.80. The number of ether oxygens (including phenoxy) is 2. The predicted octanol–water partition coefficient (Wildman–Crippen LogP) is 3.00. The molecule has 0 unspecified atom stereocenters. The van der Waals surface area contributed by atoms with Gasteiger partial charge in [-0.25, -0.2) is 13.2 Å². The second-order valence-corrected chi connectivity index (χ2v) is 7.02. The molecule has 0 spiro atoms. The number of halogens is 1. The van der Waals surface area contributed by atoms with Gasteiger partial charge in [0.1, 0.15) is 5.75 Å². The van der Waals surface area contributed by atoms with Crippen LogP contribution in [-0.2, 0) is 19.6 Å². The van der Waals surface area contributed by atoms with Crippen molar-refractivity contribution < 1.29 is 22.7 Å². The number of carbonyl (C=O) groups excluding carboxylic acids is 1. The molecule has 8 heteroatoms. The monoisotopic (exact) mass is 369 g/mol. The van der Waals surface area contributed by atoms with Gasteiger partial charge in [0, 0.05) is 5.69 Å². The SMILES string of the molecule is COC(=O)COc1ccc(S(=O)(=O)Nc2ccc(C)cc2)cc1Cl. The van der Waals surface area contributed by atoms with Crippen molar-refractivity contribution in [1.82, 2.24) is 0 Å². The predicted molar refractivity (Wildman–Crippen MR) is 91.0 cm³/mol. The fourth-order valence-corrected chi connectivity index (χ4v) is 3.18. The third-order valence-electron chi connectivity index (χ3n) is 3.09. The molecule has 0 radical (unpaired) electrons. The van der Waals surface area contributed by atoms with Crippen molar-refractivity contribution >= 4 is 33.3 Å². The lowest BCUT2D eigenvalue weighted by Gasteiger charge is -2.11. The van der Waals surface area contributed by atoms with E-state index in [0.717, 1.165) is 5.56 Å². The molecule has 1 N–H and O–H groups in total. The lowest BCUT2D eigenvalue weighted by atomic mass is 10.2. The number of rotatable bonds is 6. The highest BCUT2D eigenvalue weighted by atomic mass is 35.5. The standard InChI is InChI=1S/C16H16ClNO5S/c1-11-3-5-12(6-4-11)18-24(20,21)13-7-8-15(14(17)9-13)23-10-16(19)22-2/h3-9,18H,10H2,1-2H3. The first kappa shape index (κ1) is 18.1. The van der Waals surface area contributed by atoms with Gasteiger partial charge < -0.3 is 9.47 Å². The van der Waals surface area contributed by atoms with Crippen LogP contribution in [-0.4, -0.2) is 28.1 Å². The zero-order chi connectivity index (χ0) is 17.7. The molecule has 0 aromatic heterocycles. The van der Waals surface area contributed by atoms with Crippen molar-refractivity contribution in [1.29, 1.82) is 0 Å². The number of benzene rings is 2. The van der Waals surface area contributed by atoms with Gasteiger partial charge in [0.05, 0.1) is 17.0 Å². The maximum Gasteiger partial charge on any atom is 0.343 e. The molecule has 0 aliphatic carbocycles. The summed E-state index contributed by atoms with van der Waals surface area (Å²) in [5.41, 5.74) is 1.47. The summed E-state index contributed by atoms with van der Waals surface area (Å²) in [4.78, 5) is 11.0. The molecule has 2 aromatic carbocycles. The minimum absolute atomic E-state index is 0.0153. The van der Waals surface area contributed by atoms with Crippen LogP contribution < -0.4 is 9.46 Å². The topological polar surface area (TPSA) is 81.7 Å². The lowest BCUT2D eigenvalue weighted by Crippen LogP contribution is -2.14. The maximum absolute atomic E-state index is 12.4. The van der Waals surface area contributed by atoms with Gasteiger partial charge in [-0.1, -0.05) is 29.3 Å². The first-order chi connectivity index (χ1) is 11.3. The van der Waals surface area contributed by atoms with E-state index >= 15 is 0 Å². The normalized spacial score (nSPS) is 11.0. The van der Waals surface area contributed by atoms with Gasteiger partial charge in [-0.15, -0.1) is 0 Å². The Hall–Kier alpha value is -2.25. The Morgan fingerprint density at radius 3 is 2.42 bits per heavy atom. The summed E-state index contributed by atoms with van der Waals surface area (Å²) in [5.74, 6) is -0.375. The largest absolute Gasteiger partial charge is 0.480 e. The number of methoxy groups -OCH3 is 1. The molecule has 2 aromatic rings. The van der Waals surface area contributed by atoms with E-state index in [9.17, 15) is 13.2 Å². The molecule has 128 valence electrons. The van der Waals surface area contributed by atoms with E-state index in [0.29, 0.717) is 5.69 Å². The Kier molecular flexibility index (Phi) is 5.69. The van der Waals surface area contributed by atoms with E-state index in [1.807, 2.05) is 6.92 Å². The van der Waals surface area contributed by atoms with Crippen LogP contribution in [0.25, 0.3) is 0 Å². The second kappa shape index (κ2) is 7.55. The van der Waals surface area contributed by atoms with Gasteiger partial charge in [-0.05, 0) is 37.3 Å². The molecule has 0 amide bonds. The van der Waals surface area contributed by atoms with E-state index < -0.39 is 16.0 Å². The molecule has 0 saturated carbocycles. The van der Waals surface area contributed by atoms with Crippen molar-refractivity contribution in [2.75, 3.05) is 18.4 Å². The molecule has 0 atom stereocenters. The van der Waals surface area contributed by atoms with Gasteiger partial charge in [0.25, 0.3) is 10.0 Å². The summed E-state index contributed by atoms with van der Waals surface area (Å²) >= 11 is 6.02. The van der Waals surface area contributed by atoms with E-state index in [1.165, 1.54) is 25.3 Å². The van der Waals surface area contributed by atoms with Gasteiger partial charge in [-0.3, -0.25) is 4.72 Å². The number of hydrogen-bond donors (Lipinski definition) is 1. The summed E-state index contributed by atoms with van der Waals surface area (Å²) in [6, 6.07) is 10.9. The number of aryl methyl sites for hydroxylation is 1. The molecular weight excluding hydrogens is 354 g/mol. The summed E-state index contributed by atoms with van der Waals surface area (Å²) < 4.78 is 36.8. The minimum Gasteiger partial charge on any atom is -0.480 e. The zero-order valence-corrected chi connectivity index (χ0v) is 14.6. The Labute approximate surface area is 145 Å². The van der Waals surface area contributed by atoms with Gasteiger partial charge in [-0.2, -0.15) is 0 Å². The smallest absolute Gasteiger partial charge is 0.343 e. The second-order valence-electron chi connectivity index (χ2n) is 4.93. The van der Waals surface area contributed by atoms with Crippen molar-refractivity contribution in [3.8, 4) is 5.75 Å². The third-order valence-corrected chi connectivity index (χ3v) is 4.76. The number of hydrogen-bond acceptors (Lipinski definition) is 5. The maximum atomic E-state index is 12.4. The van der Waals surface area contributed by atoms with E-state index in [4.69, 9.17) is 16.3 Å². The zero-order valence-electron chi connectivity index (χ0n) is 13.1. The number of anilines is 1. The molecule has 24 heavy (non-hydrogen) atoms. The molecule has 0 saturated heterocycles. The molecule has 0 aliphatic rings. The van der Waals surface area contributed by atoms with Crippen LogP contribution in [0.1, 0.15) is 5.56 Å². The van der Waals surface area contributed by atoms with Crippen LogP contribution in [0.5, 0.6) is 5.75 Å². The number of carbonyl (C=O) groups is 1. The highest BCUT2D eigenvalue weighted by Gasteiger charge is 2.17. The van der Waals surface area contributed by atoms with Gasteiger partial charge >= 0.3 is 5.97 Å². The molecular formula is C16H16ClNO5S. The quantitative estimate of drug-likeness (QED) is 0.791. The molecule has 0 heterocycles. The highest BCUT2D eigenvalue weighted by Crippen LogP contribution is 2.28. The van der Waals surface area contributed by atoms with Crippen molar-refractivity contribution in [3.05, 3.63) is 53.1 Å². The van der Waals surface area contributed by atoms with E-state index in [2.05, 4.69) is 9.46 Å². The van der Waals surface area contributed by atoms with Crippen molar-refractivity contribution in [2.45, 2.75) is 11.8 Å². The Morgan fingerprint density at radius 2 is 1.83 bits per heavy atom. The van der Waals surface area contributed by atoms with Crippen LogP contribution in [0.3, 0.4) is 0 Å². The lowest BCUT2D eigenvalue weighted by molar-refractivity contribution is -0.142. The Morgan fingerprint density at radius 1 is 1.17 bits per heavy atom. The molecule has 0 aliphatic heterocycles. The van der Waals surface area contributed by atoms with Crippen molar-refractivity contribution in [3.63, 3.8) is 0 Å². The highest BCUT2D eigenvalue weighted by molar-refractivity contribution is 7.92. The summed E-state index contributed by atoms with van der Waals surface area (Å²) in [7, 11) is -2.55. The number of sulfonamides is 1. The van der Waals surface area contributed by atoms with Crippen molar-refractivity contribution in [2.24, 2.45) is 0 Å². The third kappa shape index (κ3) is 4.62. The van der Waals surface area contributed by atoms with Crippen LogP contribution in [0.15, 0.2) is 47.4 Å². The Balaban J connectivity index is 2.17. The van der Waals surface area contributed by atoms with Crippen LogP contribution in [0.2, 0.25) is 5.02 Å². The van der Waals surface area contributed by atoms with E-state index in [1.54, 1.807) is 24.3 Å². The summed E-state index contributed by atoms with van der Waals surface area (Å²) in [6.45, 7) is 1.59. The average Bonchev–Trinajstić information content (AvgIpc) is 2.55. The number of esters is 1. The van der Waals surface area contributed by atoms with E-state index in [-0.39, 0.29) is 22.3 Å². The first-order valence-electron chi connectivity index (χ1n) is 6.90. The Bertz CT molecular complexity index is 834. The molecule has 6 nitrogen and oxygen atoms in total. The summed E-state index contributed by atoms with van der Waals surface area (Å²) in [6.07, 6.45) is 0. The van der Waals surface area contributed by atoms with Crippen LogP contribution in [0, 0.1) is 6.92 Å². The number of nitrogens with one attached hydrogen (secondary N) is 1. The molecule has 2 rings (SSSR count). The van der Waals surface area contributed by atoms with Crippen LogP contribution in [0.4, 0.5) is 5.69 Å². The molecule has 0 bridgehead atoms. The van der Waals surface area contributed by atoms with Crippen LogP contribution >= 0.6 is 11.6 Å². The first-order valence-corrected chi connectivity index (χ1v) is 8.76. The average molecular weight is 370 g/mol.